The van der Waals surface area contributed by atoms with E-state index < -0.39 is 11.4 Å². The number of aliphatic carboxylic acids is 1. The number of carboxylic acid groups (broad SMARTS) is 1. The van der Waals surface area contributed by atoms with Crippen LogP contribution in [-0.2, 0) is 17.6 Å². The van der Waals surface area contributed by atoms with Crippen LogP contribution in [0.2, 0.25) is 0 Å². The van der Waals surface area contributed by atoms with E-state index in [-0.39, 0.29) is 5.92 Å². The van der Waals surface area contributed by atoms with Crippen molar-refractivity contribution in [3.05, 3.63) is 17.0 Å². The molecule has 1 aliphatic carbocycles. The number of aromatic nitrogens is 2. The molecule has 4 rings (SSSR count). The van der Waals surface area contributed by atoms with E-state index >= 15 is 0 Å². The molecular formula is C17H24N4O2. The largest absolute Gasteiger partial charge is 0.481 e. The average molecular weight is 316 g/mol. The summed E-state index contributed by atoms with van der Waals surface area (Å²) in [6.45, 7) is 4.79. The van der Waals surface area contributed by atoms with Gasteiger partial charge in [-0.1, -0.05) is 0 Å². The molecular weight excluding hydrogens is 292 g/mol. The Bertz CT molecular complexity index is 662. The molecule has 2 aliphatic heterocycles. The van der Waals surface area contributed by atoms with Gasteiger partial charge in [0.25, 0.3) is 0 Å². The van der Waals surface area contributed by atoms with Crippen molar-refractivity contribution in [1.82, 2.24) is 14.9 Å². The lowest BCUT2D eigenvalue weighted by Crippen LogP contribution is -2.40. The first-order valence-electron chi connectivity index (χ1n) is 8.53. The molecule has 124 valence electrons. The summed E-state index contributed by atoms with van der Waals surface area (Å²) in [7, 11) is 2.01. The number of hydrogen-bond donors (Lipinski definition) is 1. The third-order valence-electron chi connectivity index (χ3n) is 5.87. The molecule has 1 aromatic heterocycles. The topological polar surface area (TPSA) is 69.6 Å². The number of likely N-dealkylation sites (tertiary alicyclic amines) is 1. The Labute approximate surface area is 136 Å². The predicted octanol–water partition coefficient (Wildman–Crippen LogP) is 1.12. The molecule has 0 bridgehead atoms. The van der Waals surface area contributed by atoms with E-state index in [1.807, 2.05) is 7.05 Å². The Kier molecular flexibility index (Phi) is 3.34. The number of nitrogens with zero attached hydrogens (tertiary/aromatic N) is 4. The third-order valence-corrected chi connectivity index (χ3v) is 5.87. The van der Waals surface area contributed by atoms with Gasteiger partial charge in [0.2, 0.25) is 5.95 Å². The average Bonchev–Trinajstić information content (AvgIpc) is 3.01. The van der Waals surface area contributed by atoms with Crippen molar-refractivity contribution in [3.63, 3.8) is 0 Å². The summed E-state index contributed by atoms with van der Waals surface area (Å²) in [5, 5.41) is 9.81. The van der Waals surface area contributed by atoms with Crippen LogP contribution < -0.4 is 4.90 Å². The zero-order valence-electron chi connectivity index (χ0n) is 13.9. The van der Waals surface area contributed by atoms with E-state index in [0.29, 0.717) is 13.1 Å². The molecule has 0 aromatic carbocycles. The summed E-state index contributed by atoms with van der Waals surface area (Å²) in [6, 6.07) is 0. The van der Waals surface area contributed by atoms with E-state index in [0.717, 1.165) is 37.6 Å². The second-order valence-electron chi connectivity index (χ2n) is 7.48. The van der Waals surface area contributed by atoms with Gasteiger partial charge in [-0.25, -0.2) is 9.97 Å². The van der Waals surface area contributed by atoms with Gasteiger partial charge in [0.1, 0.15) is 5.41 Å². The minimum Gasteiger partial charge on any atom is -0.481 e. The molecule has 2 saturated heterocycles. The van der Waals surface area contributed by atoms with Crippen LogP contribution in [0.3, 0.4) is 0 Å². The highest BCUT2D eigenvalue weighted by Gasteiger charge is 2.57. The van der Waals surface area contributed by atoms with Crippen LogP contribution in [-0.4, -0.2) is 59.2 Å². The van der Waals surface area contributed by atoms with Crippen LogP contribution in [0.4, 0.5) is 5.95 Å². The number of hydrogen-bond acceptors (Lipinski definition) is 5. The smallest absolute Gasteiger partial charge is 0.313 e. The van der Waals surface area contributed by atoms with E-state index in [1.54, 1.807) is 0 Å². The molecule has 6 heteroatoms. The number of carboxylic acids is 1. The first-order chi connectivity index (χ1) is 11.0. The second-order valence-corrected chi connectivity index (χ2v) is 7.48. The van der Waals surface area contributed by atoms with Crippen LogP contribution in [0.1, 0.15) is 29.8 Å². The van der Waals surface area contributed by atoms with E-state index in [9.17, 15) is 9.90 Å². The van der Waals surface area contributed by atoms with Crippen LogP contribution in [0.15, 0.2) is 0 Å². The van der Waals surface area contributed by atoms with Gasteiger partial charge in [-0.15, -0.1) is 0 Å². The lowest BCUT2D eigenvalue weighted by atomic mass is 9.81. The molecule has 0 spiro atoms. The lowest BCUT2D eigenvalue weighted by Gasteiger charge is -2.25. The van der Waals surface area contributed by atoms with Gasteiger partial charge in [-0.2, -0.15) is 0 Å². The highest BCUT2D eigenvalue weighted by atomic mass is 16.4. The van der Waals surface area contributed by atoms with Crippen molar-refractivity contribution in [2.24, 2.45) is 11.3 Å². The normalized spacial score (nSPS) is 30.3. The van der Waals surface area contributed by atoms with Crippen molar-refractivity contribution in [3.8, 4) is 0 Å². The molecule has 2 atom stereocenters. The standard InChI is InChI=1S/C17H24N4O2/c1-11-13-5-3-4-6-14(13)19-16(18-11)21-8-12-7-20(2)9-17(12,10-21)15(22)23/h12H,3-10H2,1-2H3,(H,22,23)/t12-,17-/m0/s1. The molecule has 0 unspecified atom stereocenters. The van der Waals surface area contributed by atoms with Gasteiger partial charge >= 0.3 is 5.97 Å². The van der Waals surface area contributed by atoms with Crippen LogP contribution >= 0.6 is 0 Å². The van der Waals surface area contributed by atoms with Crippen molar-refractivity contribution in [2.45, 2.75) is 32.6 Å². The molecule has 1 N–H and O–H groups in total. The summed E-state index contributed by atoms with van der Waals surface area (Å²) in [6.07, 6.45) is 4.51. The molecule has 3 heterocycles. The maximum atomic E-state index is 11.9. The zero-order chi connectivity index (χ0) is 16.2. The minimum atomic E-state index is -0.677. The van der Waals surface area contributed by atoms with E-state index in [1.165, 1.54) is 24.1 Å². The van der Waals surface area contributed by atoms with Gasteiger partial charge in [-0.05, 0) is 45.2 Å². The first-order valence-corrected chi connectivity index (χ1v) is 8.53. The predicted molar refractivity (Wildman–Crippen MR) is 86.7 cm³/mol. The molecule has 3 aliphatic rings. The summed E-state index contributed by atoms with van der Waals surface area (Å²) in [5.41, 5.74) is 2.90. The summed E-state index contributed by atoms with van der Waals surface area (Å²) >= 11 is 0. The minimum absolute atomic E-state index is 0.157. The van der Waals surface area contributed by atoms with Gasteiger partial charge < -0.3 is 14.9 Å². The molecule has 1 aromatic rings. The summed E-state index contributed by atoms with van der Waals surface area (Å²) in [5.74, 6) is 0.217. The molecule has 0 radical (unpaired) electrons. The van der Waals surface area contributed by atoms with E-state index in [4.69, 9.17) is 9.97 Å². The Morgan fingerprint density at radius 1 is 1.22 bits per heavy atom. The fourth-order valence-electron chi connectivity index (χ4n) is 4.68. The monoisotopic (exact) mass is 316 g/mol. The number of carbonyl (C=O) groups is 1. The third kappa shape index (κ3) is 2.23. The fourth-order valence-corrected chi connectivity index (χ4v) is 4.68. The van der Waals surface area contributed by atoms with Crippen LogP contribution in [0.5, 0.6) is 0 Å². The Balaban J connectivity index is 1.66. The molecule has 23 heavy (non-hydrogen) atoms. The summed E-state index contributed by atoms with van der Waals surface area (Å²) < 4.78 is 0. The maximum absolute atomic E-state index is 11.9. The fraction of sp³-hybridized carbons (Fsp3) is 0.706. The number of anilines is 1. The van der Waals surface area contributed by atoms with Crippen LogP contribution in [0.25, 0.3) is 0 Å². The van der Waals surface area contributed by atoms with Crippen LogP contribution in [0, 0.1) is 18.3 Å². The molecule has 0 saturated carbocycles. The van der Waals surface area contributed by atoms with Gasteiger partial charge in [-0.3, -0.25) is 4.79 Å². The van der Waals surface area contributed by atoms with Crippen molar-refractivity contribution >= 4 is 11.9 Å². The molecule has 0 amide bonds. The van der Waals surface area contributed by atoms with Crippen molar-refractivity contribution < 1.29 is 9.90 Å². The van der Waals surface area contributed by atoms with Crippen molar-refractivity contribution in [2.75, 3.05) is 38.1 Å². The number of rotatable bonds is 2. The van der Waals surface area contributed by atoms with Gasteiger partial charge in [0.05, 0.1) is 0 Å². The number of fused-ring (bicyclic) bond motifs is 2. The van der Waals surface area contributed by atoms with E-state index in [2.05, 4.69) is 16.7 Å². The molecule has 2 fully saturated rings. The number of aryl methyl sites for hydroxylation is 2. The quantitative estimate of drug-likeness (QED) is 0.882. The lowest BCUT2D eigenvalue weighted by molar-refractivity contribution is -0.148. The van der Waals surface area contributed by atoms with Crippen molar-refractivity contribution in [1.29, 1.82) is 0 Å². The maximum Gasteiger partial charge on any atom is 0.313 e. The Morgan fingerprint density at radius 2 is 2.00 bits per heavy atom. The van der Waals surface area contributed by atoms with Gasteiger partial charge in [0, 0.05) is 43.5 Å². The summed E-state index contributed by atoms with van der Waals surface area (Å²) in [4.78, 5) is 25.7. The molecule has 6 nitrogen and oxygen atoms in total. The highest BCUT2D eigenvalue weighted by molar-refractivity contribution is 5.78. The Morgan fingerprint density at radius 3 is 2.74 bits per heavy atom. The Hall–Kier alpha value is -1.69. The highest BCUT2D eigenvalue weighted by Crippen LogP contribution is 2.43. The zero-order valence-corrected chi connectivity index (χ0v) is 13.9. The second kappa shape index (κ2) is 5.16. The van der Waals surface area contributed by atoms with Gasteiger partial charge in [0.15, 0.2) is 0 Å². The first kappa shape index (κ1) is 14.9. The SMILES string of the molecule is Cc1nc(N2C[C@@H]3CN(C)C[C@]3(C(=O)O)C2)nc2c1CCCC2.